The van der Waals surface area contributed by atoms with Gasteiger partial charge in [0.15, 0.2) is 0 Å². The Morgan fingerprint density at radius 1 is 1.40 bits per heavy atom. The standard InChI is InChI=1S/Cd.H2O3Te/c;1-4(2)3/h;(H2,1,2,3)/q+2;/p-2. The van der Waals surface area contributed by atoms with Crippen LogP contribution in [0.3, 0.4) is 0 Å². The van der Waals surface area contributed by atoms with Gasteiger partial charge in [-0.3, -0.25) is 0 Å². The molecule has 0 spiro atoms. The summed E-state index contributed by atoms with van der Waals surface area (Å²) in [5.74, 6) is 0. The Morgan fingerprint density at radius 3 is 1.40 bits per heavy atom. The van der Waals surface area contributed by atoms with Crippen molar-refractivity contribution in [1.82, 2.24) is 0 Å². The third-order valence-corrected chi connectivity index (χ3v) is 0. The zero-order valence-corrected chi connectivity index (χ0v) is 8.71. The maximum absolute atomic E-state index is 8.59. The van der Waals surface area contributed by atoms with Crippen molar-refractivity contribution in [2.24, 2.45) is 0 Å². The third-order valence-electron chi connectivity index (χ3n) is 0. The first-order valence-electron chi connectivity index (χ1n) is 0.500. The van der Waals surface area contributed by atoms with Gasteiger partial charge in [-0.25, -0.2) is 0 Å². The largest absolute Gasteiger partial charge is 2.00 e. The Bertz CT molecular complexity index is 29.9. The second kappa shape index (κ2) is 5.43. The maximum Gasteiger partial charge on any atom is 2.00 e. The van der Waals surface area contributed by atoms with Crippen molar-refractivity contribution in [2.45, 2.75) is 0 Å². The monoisotopic (exact) mass is 292 g/mol. The van der Waals surface area contributed by atoms with Crippen LogP contribution in [0.5, 0.6) is 0 Å². The van der Waals surface area contributed by atoms with Gasteiger partial charge in [0.05, 0.1) is 0 Å². The van der Waals surface area contributed by atoms with Crippen molar-refractivity contribution >= 4 is 20.4 Å². The molecule has 0 aliphatic carbocycles. The van der Waals surface area contributed by atoms with Crippen LogP contribution in [0.1, 0.15) is 0 Å². The summed E-state index contributed by atoms with van der Waals surface area (Å²) in [6.07, 6.45) is 0. The van der Waals surface area contributed by atoms with Gasteiger partial charge in [0.1, 0.15) is 0 Å². The molecule has 0 aliphatic heterocycles. The van der Waals surface area contributed by atoms with Crippen LogP contribution in [0.2, 0.25) is 0 Å². The van der Waals surface area contributed by atoms with Gasteiger partial charge >= 0.3 is 57.7 Å². The molecule has 0 aliphatic rings. The zero-order valence-electron chi connectivity index (χ0n) is 2.34. The molecule has 0 saturated carbocycles. The molecule has 3 nitrogen and oxygen atoms in total. The van der Waals surface area contributed by atoms with E-state index in [1.807, 2.05) is 0 Å². The van der Waals surface area contributed by atoms with Gasteiger partial charge < -0.3 is 0 Å². The van der Waals surface area contributed by atoms with E-state index in [0.29, 0.717) is 0 Å². The molecule has 0 aromatic carbocycles. The first-order valence-corrected chi connectivity index (χ1v) is 3.35. The summed E-state index contributed by atoms with van der Waals surface area (Å²) in [7, 11) is 0. The fourth-order valence-corrected chi connectivity index (χ4v) is 0. The molecule has 0 heterocycles. The topological polar surface area (TPSA) is 63.2 Å². The Balaban J connectivity index is 0. The van der Waals surface area contributed by atoms with Gasteiger partial charge in [0.25, 0.3) is 0 Å². The van der Waals surface area contributed by atoms with Crippen LogP contribution in [0.4, 0.5) is 0 Å². The molecule has 0 aromatic heterocycles. The minimum atomic E-state index is -4.11. The van der Waals surface area contributed by atoms with Crippen molar-refractivity contribution in [3.63, 3.8) is 0 Å². The molecule has 0 atom stereocenters. The molecule has 5 heavy (non-hydrogen) atoms. The van der Waals surface area contributed by atoms with Crippen LogP contribution >= 0.6 is 0 Å². The maximum atomic E-state index is 8.59. The SMILES string of the molecule is O=[Te]([O-])[O-].[Cd+2]. The summed E-state index contributed by atoms with van der Waals surface area (Å²) in [5, 5.41) is 0. The van der Waals surface area contributed by atoms with Crippen LogP contribution in [0.15, 0.2) is 0 Å². The molecule has 0 saturated heterocycles. The fourth-order valence-electron chi connectivity index (χ4n) is 0. The zero-order chi connectivity index (χ0) is 3.58. The van der Waals surface area contributed by atoms with Gasteiger partial charge in [-0.2, -0.15) is 0 Å². The molecule has 0 unspecified atom stereocenters. The summed E-state index contributed by atoms with van der Waals surface area (Å²) < 4.78 is 25.8. The van der Waals surface area contributed by atoms with Gasteiger partial charge in [0.2, 0.25) is 0 Å². The number of hydrogen-bond acceptors (Lipinski definition) is 3. The average Bonchev–Trinajstić information content (AvgIpc) is 0.811. The van der Waals surface area contributed by atoms with Crippen molar-refractivity contribution in [1.29, 1.82) is 0 Å². The molecule has 0 amide bonds. The van der Waals surface area contributed by atoms with E-state index < -0.39 is 20.4 Å². The molecule has 0 fully saturated rings. The minimum absolute atomic E-state index is 0. The van der Waals surface area contributed by atoms with Gasteiger partial charge in [0, 0.05) is 0 Å². The molecule has 0 aromatic rings. The summed E-state index contributed by atoms with van der Waals surface area (Å²) >= 11 is -4.11. The quantitative estimate of drug-likeness (QED) is 0.450. The second-order valence-corrected chi connectivity index (χ2v) is 1.37. The van der Waals surface area contributed by atoms with Crippen LogP contribution in [-0.2, 0) is 30.4 Å². The van der Waals surface area contributed by atoms with Crippen molar-refractivity contribution in [2.75, 3.05) is 0 Å². The van der Waals surface area contributed by atoms with E-state index in [9.17, 15) is 0 Å². The van der Waals surface area contributed by atoms with Crippen LogP contribution in [-0.4, -0.2) is 20.4 Å². The minimum Gasteiger partial charge on any atom is 2.00 e. The van der Waals surface area contributed by atoms with Crippen LogP contribution < -0.4 is 6.94 Å². The average molecular weight is 288 g/mol. The van der Waals surface area contributed by atoms with Crippen molar-refractivity contribution in [3.05, 3.63) is 0 Å². The van der Waals surface area contributed by atoms with Gasteiger partial charge in [-0.05, 0) is 0 Å². The first-order chi connectivity index (χ1) is 1.73. The predicted octanol–water partition coefficient (Wildman–Crippen LogP) is -2.88. The smallest absolute Gasteiger partial charge is 2.00 e. The van der Waals surface area contributed by atoms with Crippen LogP contribution in [0, 0.1) is 0 Å². The third kappa shape index (κ3) is 31.2. The molecule has 0 radical (unpaired) electrons. The van der Waals surface area contributed by atoms with E-state index in [4.69, 9.17) is 10.0 Å². The molecule has 26 valence electrons. The van der Waals surface area contributed by atoms with E-state index in [1.54, 1.807) is 0 Å². The number of hydrogen-bond donors (Lipinski definition) is 0. The summed E-state index contributed by atoms with van der Waals surface area (Å²) in [6, 6.07) is 0. The second-order valence-electron chi connectivity index (χ2n) is 0.204. The van der Waals surface area contributed by atoms with E-state index in [0.717, 1.165) is 0 Å². The molecule has 0 N–H and O–H groups in total. The van der Waals surface area contributed by atoms with E-state index in [-0.39, 0.29) is 27.3 Å². The molecular formula is CdO3Te. The Kier molecular flexibility index (Phi) is 10.5. The molecule has 0 rings (SSSR count). The summed E-state index contributed by atoms with van der Waals surface area (Å²) in [4.78, 5) is 0. The summed E-state index contributed by atoms with van der Waals surface area (Å²) in [6.45, 7) is 0. The predicted molar refractivity (Wildman–Crippen MR) is 6.44 cm³/mol. The normalized spacial score (nSPS) is 7.00. The van der Waals surface area contributed by atoms with Gasteiger partial charge in [-0.15, -0.1) is 0 Å². The molecule has 0 bridgehead atoms. The molecular weight excluding hydrogens is 288 g/mol. The van der Waals surface area contributed by atoms with Crippen molar-refractivity contribution in [3.8, 4) is 0 Å². The van der Waals surface area contributed by atoms with Crippen molar-refractivity contribution < 1.29 is 37.3 Å². The Hall–Kier alpha value is 1.43. The van der Waals surface area contributed by atoms with Gasteiger partial charge in [-0.1, -0.05) is 0 Å². The number of rotatable bonds is 0. The fraction of sp³-hybridized carbons (Fsp3) is 0. The van der Waals surface area contributed by atoms with E-state index in [1.165, 1.54) is 0 Å². The summed E-state index contributed by atoms with van der Waals surface area (Å²) in [5.41, 5.74) is 0. The van der Waals surface area contributed by atoms with E-state index in [2.05, 4.69) is 0 Å². The van der Waals surface area contributed by atoms with Crippen LogP contribution in [0.25, 0.3) is 0 Å². The molecule has 5 heteroatoms. The Morgan fingerprint density at radius 2 is 1.40 bits per heavy atom. The first kappa shape index (κ1) is 9.66. The van der Waals surface area contributed by atoms with E-state index >= 15 is 0 Å². The Labute approximate surface area is 57.3 Å².